The van der Waals surface area contributed by atoms with Crippen LogP contribution in [0.15, 0.2) is 46.6 Å². The summed E-state index contributed by atoms with van der Waals surface area (Å²) in [6.45, 7) is 14.8. The highest BCUT2D eigenvalue weighted by molar-refractivity contribution is 5.35. The molecule has 146 valence electrons. The van der Waals surface area contributed by atoms with E-state index in [2.05, 4.69) is 39.5 Å². The second kappa shape index (κ2) is 8.71. The van der Waals surface area contributed by atoms with Crippen molar-refractivity contribution in [1.82, 2.24) is 0 Å². The molecule has 3 rings (SSSR count). The lowest BCUT2D eigenvalue weighted by molar-refractivity contribution is 0.123. The van der Waals surface area contributed by atoms with E-state index in [-0.39, 0.29) is 0 Å². The second-order valence-corrected chi connectivity index (χ2v) is 8.42. The van der Waals surface area contributed by atoms with Crippen LogP contribution in [-0.2, 0) is 0 Å². The van der Waals surface area contributed by atoms with Gasteiger partial charge in [-0.1, -0.05) is 61.8 Å². The molecule has 26 heavy (non-hydrogen) atoms. The molecule has 3 fully saturated rings. The molecule has 0 spiro atoms. The third kappa shape index (κ3) is 4.07. The summed E-state index contributed by atoms with van der Waals surface area (Å²) in [5.74, 6) is 0.668. The largest absolute Gasteiger partial charge is 0.388 e. The third-order valence-electron chi connectivity index (χ3n) is 6.65. The number of allylic oxidation sites excluding steroid dienone is 5. The quantitative estimate of drug-likeness (QED) is 0.575. The van der Waals surface area contributed by atoms with E-state index < -0.39 is 12.2 Å². The Labute approximate surface area is 160 Å². The summed E-state index contributed by atoms with van der Waals surface area (Å²) in [4.78, 5) is 0. The van der Waals surface area contributed by atoms with Crippen LogP contribution in [0.4, 0.5) is 0 Å². The maximum absolute atomic E-state index is 10.0. The molecule has 2 nitrogen and oxygen atoms in total. The molecule has 0 aromatic carbocycles. The molecule has 0 saturated heterocycles. The summed E-state index contributed by atoms with van der Waals surface area (Å²) >= 11 is 0. The van der Waals surface area contributed by atoms with Crippen LogP contribution in [0.25, 0.3) is 0 Å². The van der Waals surface area contributed by atoms with Crippen LogP contribution in [0.1, 0.15) is 79.6 Å². The maximum atomic E-state index is 10.0. The minimum Gasteiger partial charge on any atom is -0.388 e. The van der Waals surface area contributed by atoms with E-state index in [0.29, 0.717) is 29.7 Å². The summed E-state index contributed by atoms with van der Waals surface area (Å²) in [6.07, 6.45) is 10.8. The minimum absolute atomic E-state index is 0.349. The van der Waals surface area contributed by atoms with Crippen LogP contribution < -0.4 is 0 Å². The zero-order valence-electron chi connectivity index (χ0n) is 17.4. The predicted octanol–water partition coefficient (Wildman–Crippen LogP) is 5.87. The van der Waals surface area contributed by atoms with Gasteiger partial charge in [0.25, 0.3) is 0 Å². The summed E-state index contributed by atoms with van der Waals surface area (Å²) < 4.78 is 0. The van der Waals surface area contributed by atoms with E-state index in [1.165, 1.54) is 37.7 Å². The zero-order chi connectivity index (χ0) is 19.5. The highest BCUT2D eigenvalue weighted by atomic mass is 16.3. The molecule has 0 heterocycles. The minimum atomic E-state index is -0.598. The molecule has 0 amide bonds. The van der Waals surface area contributed by atoms with E-state index in [0.717, 1.165) is 5.57 Å². The van der Waals surface area contributed by atoms with Crippen molar-refractivity contribution in [1.29, 1.82) is 0 Å². The molecular formula is C24H38O2. The highest BCUT2D eigenvalue weighted by Crippen LogP contribution is 2.57. The molecular weight excluding hydrogens is 320 g/mol. The second-order valence-electron chi connectivity index (χ2n) is 8.42. The first-order valence-electron chi connectivity index (χ1n) is 10.4. The van der Waals surface area contributed by atoms with Crippen molar-refractivity contribution < 1.29 is 10.2 Å². The maximum Gasteiger partial charge on any atom is 0.0809 e. The van der Waals surface area contributed by atoms with Crippen LogP contribution in [0.5, 0.6) is 0 Å². The van der Waals surface area contributed by atoms with E-state index in [1.807, 2.05) is 13.8 Å². The highest BCUT2D eigenvalue weighted by Gasteiger charge is 2.46. The van der Waals surface area contributed by atoms with Gasteiger partial charge in [-0.2, -0.15) is 0 Å². The van der Waals surface area contributed by atoms with Gasteiger partial charge >= 0.3 is 0 Å². The van der Waals surface area contributed by atoms with Crippen LogP contribution in [0.3, 0.4) is 0 Å². The van der Waals surface area contributed by atoms with E-state index in [9.17, 15) is 10.2 Å². The van der Waals surface area contributed by atoms with Crippen LogP contribution >= 0.6 is 0 Å². The Bertz CT molecular complexity index is 602. The fourth-order valence-corrected chi connectivity index (χ4v) is 5.30. The molecule has 3 aliphatic carbocycles. The number of rotatable bonds is 1. The van der Waals surface area contributed by atoms with Crippen molar-refractivity contribution in [3.63, 3.8) is 0 Å². The molecule has 2 N–H and O–H groups in total. The summed E-state index contributed by atoms with van der Waals surface area (Å²) in [7, 11) is 0. The lowest BCUT2D eigenvalue weighted by atomic mass is 9.65. The van der Waals surface area contributed by atoms with Gasteiger partial charge in [-0.15, -0.1) is 0 Å². The third-order valence-corrected chi connectivity index (χ3v) is 6.65. The number of fused-ring (bicyclic) bond motifs is 1. The Morgan fingerprint density at radius 3 is 2.27 bits per heavy atom. The average Bonchev–Trinajstić information content (AvgIpc) is 2.97. The van der Waals surface area contributed by atoms with Crippen molar-refractivity contribution in [2.45, 2.75) is 91.8 Å². The fourth-order valence-electron chi connectivity index (χ4n) is 5.30. The van der Waals surface area contributed by atoms with Crippen molar-refractivity contribution in [2.75, 3.05) is 0 Å². The van der Waals surface area contributed by atoms with Gasteiger partial charge in [-0.3, -0.25) is 0 Å². The monoisotopic (exact) mass is 358 g/mol. The first-order valence-corrected chi connectivity index (χ1v) is 10.4. The molecule has 0 aliphatic heterocycles. The first kappa shape index (κ1) is 21.2. The Balaban J connectivity index is 0.00000117. The molecule has 0 radical (unpaired) electrons. The molecule has 3 saturated carbocycles. The van der Waals surface area contributed by atoms with Gasteiger partial charge in [0.05, 0.1) is 12.2 Å². The predicted molar refractivity (Wildman–Crippen MR) is 111 cm³/mol. The number of aliphatic hydroxyl groups is 2. The normalized spacial score (nSPS) is 35.7. The molecule has 0 aromatic rings. The fraction of sp³-hybridized carbons (Fsp3) is 0.667. The average molecular weight is 359 g/mol. The van der Waals surface area contributed by atoms with Gasteiger partial charge in [0.2, 0.25) is 0 Å². The zero-order valence-corrected chi connectivity index (χ0v) is 17.4. The lowest BCUT2D eigenvalue weighted by Gasteiger charge is -2.40. The molecule has 3 aliphatic rings. The van der Waals surface area contributed by atoms with Gasteiger partial charge in [0.15, 0.2) is 0 Å². The van der Waals surface area contributed by atoms with Crippen molar-refractivity contribution >= 4 is 0 Å². The van der Waals surface area contributed by atoms with Crippen molar-refractivity contribution in [2.24, 2.45) is 11.3 Å². The van der Waals surface area contributed by atoms with E-state index in [4.69, 9.17) is 0 Å². The Morgan fingerprint density at radius 1 is 1.08 bits per heavy atom. The number of hydrogen-bond acceptors (Lipinski definition) is 2. The van der Waals surface area contributed by atoms with Gasteiger partial charge in [-0.25, -0.2) is 0 Å². The van der Waals surface area contributed by atoms with Crippen LogP contribution in [0.2, 0.25) is 0 Å². The number of hydrogen-bond donors (Lipinski definition) is 2. The molecule has 2 heteroatoms. The van der Waals surface area contributed by atoms with Gasteiger partial charge in [0, 0.05) is 0 Å². The van der Waals surface area contributed by atoms with Crippen LogP contribution in [0, 0.1) is 11.3 Å². The topological polar surface area (TPSA) is 40.5 Å². The Morgan fingerprint density at radius 2 is 1.69 bits per heavy atom. The Hall–Kier alpha value is -1.12. The SMILES string of the molecule is C=C1[C@H](O)CC(=C/C=C2\CCC[C@]3(C)C(=C(C)C)CC[C@@H]23)C[C@H]1O.CC. The lowest BCUT2D eigenvalue weighted by Crippen LogP contribution is -2.29. The first-order chi connectivity index (χ1) is 12.3. The molecule has 0 unspecified atom stereocenters. The molecule has 0 bridgehead atoms. The summed E-state index contributed by atoms with van der Waals surface area (Å²) in [5, 5.41) is 20.0. The summed E-state index contributed by atoms with van der Waals surface area (Å²) in [6, 6.07) is 0. The molecule has 0 aromatic heterocycles. The van der Waals surface area contributed by atoms with Crippen LogP contribution in [-0.4, -0.2) is 22.4 Å². The Kier molecular flexibility index (Phi) is 7.10. The molecule has 4 atom stereocenters. The standard InChI is InChI=1S/C22H32O2.C2H6/c1-14(2)18-9-10-19-17(6-5-11-22(18,19)4)8-7-16-12-20(23)15(3)21(24)13-16;1-2/h7-8,19-21,23-24H,3,5-6,9-13H2,1-2,4H3;1-2H3/b17-8+;/t19-,20+,21+,22+;/m0./s1. The van der Waals surface area contributed by atoms with E-state index >= 15 is 0 Å². The number of aliphatic hydroxyl groups excluding tert-OH is 2. The van der Waals surface area contributed by atoms with Crippen molar-refractivity contribution in [3.05, 3.63) is 46.6 Å². The van der Waals surface area contributed by atoms with Gasteiger partial charge in [0.1, 0.15) is 0 Å². The van der Waals surface area contributed by atoms with Gasteiger partial charge < -0.3 is 10.2 Å². The van der Waals surface area contributed by atoms with Gasteiger partial charge in [-0.05, 0) is 75.7 Å². The summed E-state index contributed by atoms with van der Waals surface area (Å²) in [5.41, 5.74) is 6.82. The van der Waals surface area contributed by atoms with Crippen molar-refractivity contribution in [3.8, 4) is 0 Å². The van der Waals surface area contributed by atoms with E-state index in [1.54, 1.807) is 11.1 Å². The smallest absolute Gasteiger partial charge is 0.0809 e.